The van der Waals surface area contributed by atoms with Crippen LogP contribution >= 0.6 is 0 Å². The Bertz CT molecular complexity index is 455. The van der Waals surface area contributed by atoms with E-state index in [9.17, 15) is 9.90 Å². The lowest BCUT2D eigenvalue weighted by molar-refractivity contribution is -0.143. The van der Waals surface area contributed by atoms with Gasteiger partial charge in [-0.2, -0.15) is 0 Å². The van der Waals surface area contributed by atoms with Crippen LogP contribution in [0, 0.1) is 5.92 Å². The minimum Gasteiger partial charge on any atom is -0.481 e. The number of carboxylic acids is 1. The Balaban J connectivity index is 1.99. The summed E-state index contributed by atoms with van der Waals surface area (Å²) in [5, 5.41) is 12.9. The molecule has 3 heteroatoms. The van der Waals surface area contributed by atoms with Crippen LogP contribution < -0.4 is 5.32 Å². The monoisotopic (exact) mass is 289 g/mol. The number of hydrogen-bond donors (Lipinski definition) is 2. The van der Waals surface area contributed by atoms with Crippen LogP contribution in [0.3, 0.4) is 0 Å². The summed E-state index contributed by atoms with van der Waals surface area (Å²) in [5.74, 6) is -0.807. The average Bonchev–Trinajstić information content (AvgIpc) is 2.53. The third kappa shape index (κ3) is 4.31. The number of aryl methyl sites for hydroxylation is 1. The summed E-state index contributed by atoms with van der Waals surface area (Å²) in [5.41, 5.74) is 2.67. The first-order chi connectivity index (χ1) is 10.1. The lowest BCUT2D eigenvalue weighted by atomic mass is 9.85. The van der Waals surface area contributed by atoms with Gasteiger partial charge in [-0.1, -0.05) is 44.5 Å². The van der Waals surface area contributed by atoms with Gasteiger partial charge in [-0.15, -0.1) is 0 Å². The van der Waals surface area contributed by atoms with Gasteiger partial charge in [-0.25, -0.2) is 0 Å². The molecule has 0 amide bonds. The molecule has 1 fully saturated rings. The zero-order valence-electron chi connectivity index (χ0n) is 13.1. The molecular formula is C18H27NO2. The van der Waals surface area contributed by atoms with Gasteiger partial charge in [0, 0.05) is 12.1 Å². The summed E-state index contributed by atoms with van der Waals surface area (Å²) < 4.78 is 0. The summed E-state index contributed by atoms with van der Waals surface area (Å²) in [7, 11) is 0. The van der Waals surface area contributed by atoms with Crippen molar-refractivity contribution >= 4 is 5.97 Å². The molecule has 0 aromatic heterocycles. The molecule has 0 aliphatic heterocycles. The van der Waals surface area contributed by atoms with E-state index >= 15 is 0 Å². The predicted octanol–water partition coefficient (Wildman–Crippen LogP) is 3.93. The van der Waals surface area contributed by atoms with Crippen LogP contribution in [0.5, 0.6) is 0 Å². The van der Waals surface area contributed by atoms with Gasteiger partial charge < -0.3 is 10.4 Å². The smallest absolute Gasteiger partial charge is 0.306 e. The number of rotatable bonds is 6. The molecule has 116 valence electrons. The topological polar surface area (TPSA) is 49.3 Å². The quantitative estimate of drug-likeness (QED) is 0.834. The van der Waals surface area contributed by atoms with Crippen molar-refractivity contribution in [3.63, 3.8) is 0 Å². The normalized spacial score (nSPS) is 23.7. The minimum absolute atomic E-state index is 0.170. The Morgan fingerprint density at radius 2 is 2.00 bits per heavy atom. The molecule has 2 N–H and O–H groups in total. The second-order valence-corrected chi connectivity index (χ2v) is 6.12. The van der Waals surface area contributed by atoms with E-state index in [0.29, 0.717) is 12.1 Å². The van der Waals surface area contributed by atoms with E-state index < -0.39 is 5.97 Å². The van der Waals surface area contributed by atoms with Crippen molar-refractivity contribution < 1.29 is 9.90 Å². The molecule has 1 saturated carbocycles. The maximum atomic E-state index is 11.2. The fourth-order valence-electron chi connectivity index (χ4n) is 3.29. The molecule has 3 atom stereocenters. The number of aliphatic carboxylic acids is 1. The summed E-state index contributed by atoms with van der Waals surface area (Å²) >= 11 is 0. The first-order valence-electron chi connectivity index (χ1n) is 8.21. The van der Waals surface area contributed by atoms with Crippen LogP contribution in [0.1, 0.15) is 63.1 Å². The molecule has 0 spiro atoms. The van der Waals surface area contributed by atoms with Gasteiger partial charge in [0.25, 0.3) is 0 Å². The summed E-state index contributed by atoms with van der Waals surface area (Å²) in [6, 6.07) is 9.46. The summed E-state index contributed by atoms with van der Waals surface area (Å²) in [4.78, 5) is 11.2. The Labute approximate surface area is 127 Å². The first kappa shape index (κ1) is 16.0. The SMILES string of the molecule is CCc1ccc(C(CC)NC2CCCC(C(=O)O)C2)cc1. The highest BCUT2D eigenvalue weighted by molar-refractivity contribution is 5.70. The fourth-order valence-corrected chi connectivity index (χ4v) is 3.29. The van der Waals surface area contributed by atoms with E-state index in [1.807, 2.05) is 0 Å². The van der Waals surface area contributed by atoms with E-state index in [1.54, 1.807) is 0 Å². The number of carboxylic acid groups (broad SMARTS) is 1. The number of nitrogens with one attached hydrogen (secondary N) is 1. The van der Waals surface area contributed by atoms with E-state index in [1.165, 1.54) is 11.1 Å². The van der Waals surface area contributed by atoms with Crippen LogP contribution in [0.25, 0.3) is 0 Å². The Hall–Kier alpha value is -1.35. The third-order valence-corrected chi connectivity index (χ3v) is 4.66. The van der Waals surface area contributed by atoms with E-state index in [-0.39, 0.29) is 5.92 Å². The Kier molecular flexibility index (Phi) is 5.80. The van der Waals surface area contributed by atoms with Crippen molar-refractivity contribution in [1.82, 2.24) is 5.32 Å². The largest absolute Gasteiger partial charge is 0.481 e. The Morgan fingerprint density at radius 3 is 2.57 bits per heavy atom. The van der Waals surface area contributed by atoms with Gasteiger partial charge in [0.05, 0.1) is 5.92 Å². The standard InChI is InChI=1S/C18H27NO2/c1-3-13-8-10-14(11-9-13)17(4-2)19-16-7-5-6-15(12-16)18(20)21/h8-11,15-17,19H,3-7,12H2,1-2H3,(H,20,21). The van der Waals surface area contributed by atoms with Gasteiger partial charge in [0.15, 0.2) is 0 Å². The number of hydrogen-bond acceptors (Lipinski definition) is 2. The molecule has 1 aliphatic rings. The lowest BCUT2D eigenvalue weighted by Gasteiger charge is -2.31. The summed E-state index contributed by atoms with van der Waals surface area (Å²) in [6.45, 7) is 4.35. The zero-order chi connectivity index (χ0) is 15.2. The van der Waals surface area contributed by atoms with Crippen LogP contribution in [0.2, 0.25) is 0 Å². The number of carbonyl (C=O) groups is 1. The molecule has 3 unspecified atom stereocenters. The van der Waals surface area contributed by atoms with E-state index in [2.05, 4.69) is 43.4 Å². The molecule has 0 heterocycles. The van der Waals surface area contributed by atoms with Gasteiger partial charge >= 0.3 is 5.97 Å². The maximum Gasteiger partial charge on any atom is 0.306 e. The molecule has 0 radical (unpaired) electrons. The second-order valence-electron chi connectivity index (χ2n) is 6.12. The molecular weight excluding hydrogens is 262 g/mol. The summed E-state index contributed by atoms with van der Waals surface area (Å²) in [6.07, 6.45) is 5.79. The first-order valence-corrected chi connectivity index (χ1v) is 8.21. The second kappa shape index (κ2) is 7.60. The molecule has 2 rings (SSSR count). The third-order valence-electron chi connectivity index (χ3n) is 4.66. The predicted molar refractivity (Wildman–Crippen MR) is 85.4 cm³/mol. The highest BCUT2D eigenvalue weighted by atomic mass is 16.4. The van der Waals surface area contributed by atoms with Crippen molar-refractivity contribution in [3.8, 4) is 0 Å². The maximum absolute atomic E-state index is 11.2. The van der Waals surface area contributed by atoms with E-state index in [0.717, 1.165) is 38.5 Å². The molecule has 1 aromatic rings. The van der Waals surface area contributed by atoms with Crippen molar-refractivity contribution in [3.05, 3.63) is 35.4 Å². The fraction of sp³-hybridized carbons (Fsp3) is 0.611. The van der Waals surface area contributed by atoms with Gasteiger partial charge in [0.1, 0.15) is 0 Å². The van der Waals surface area contributed by atoms with Crippen LogP contribution in [0.4, 0.5) is 0 Å². The van der Waals surface area contributed by atoms with Crippen LogP contribution in [0.15, 0.2) is 24.3 Å². The van der Waals surface area contributed by atoms with Crippen LogP contribution in [-0.4, -0.2) is 17.1 Å². The zero-order valence-corrected chi connectivity index (χ0v) is 13.1. The average molecular weight is 289 g/mol. The van der Waals surface area contributed by atoms with Crippen molar-refractivity contribution in [2.75, 3.05) is 0 Å². The van der Waals surface area contributed by atoms with Gasteiger partial charge in [-0.05, 0) is 43.2 Å². The molecule has 3 nitrogen and oxygen atoms in total. The van der Waals surface area contributed by atoms with Crippen molar-refractivity contribution in [1.29, 1.82) is 0 Å². The van der Waals surface area contributed by atoms with Gasteiger partial charge in [0.2, 0.25) is 0 Å². The molecule has 1 aromatic carbocycles. The minimum atomic E-state index is -0.637. The molecule has 0 saturated heterocycles. The van der Waals surface area contributed by atoms with Gasteiger partial charge in [-0.3, -0.25) is 4.79 Å². The van der Waals surface area contributed by atoms with Crippen molar-refractivity contribution in [2.45, 2.75) is 64.5 Å². The van der Waals surface area contributed by atoms with Crippen molar-refractivity contribution in [2.24, 2.45) is 5.92 Å². The Morgan fingerprint density at radius 1 is 1.29 bits per heavy atom. The molecule has 1 aliphatic carbocycles. The molecule has 0 bridgehead atoms. The molecule has 21 heavy (non-hydrogen) atoms. The highest BCUT2D eigenvalue weighted by Gasteiger charge is 2.28. The number of benzene rings is 1. The highest BCUT2D eigenvalue weighted by Crippen LogP contribution is 2.27. The lowest BCUT2D eigenvalue weighted by Crippen LogP contribution is -2.38. The van der Waals surface area contributed by atoms with Crippen LogP contribution in [-0.2, 0) is 11.2 Å². The van der Waals surface area contributed by atoms with E-state index in [4.69, 9.17) is 0 Å².